The number of carbonyl (C=O) groups is 1. The van der Waals surface area contributed by atoms with Gasteiger partial charge in [0.1, 0.15) is 0 Å². The minimum atomic E-state index is -0.173. The van der Waals surface area contributed by atoms with E-state index < -0.39 is 0 Å². The van der Waals surface area contributed by atoms with E-state index in [1.807, 2.05) is 24.3 Å². The lowest BCUT2D eigenvalue weighted by Gasteiger charge is -2.15. The first kappa shape index (κ1) is 13.5. The van der Waals surface area contributed by atoms with Crippen LogP contribution in [0.3, 0.4) is 0 Å². The van der Waals surface area contributed by atoms with Crippen molar-refractivity contribution in [2.45, 2.75) is 0 Å². The van der Waals surface area contributed by atoms with Gasteiger partial charge in [0.25, 0.3) is 5.91 Å². The predicted molar refractivity (Wildman–Crippen MR) is 78.5 cm³/mol. The Kier molecular flexibility index (Phi) is 4.04. The van der Waals surface area contributed by atoms with E-state index in [0.29, 0.717) is 5.56 Å². The molecule has 3 nitrogen and oxygen atoms in total. The molecule has 0 bridgehead atoms. The Balaban J connectivity index is 2.69. The maximum atomic E-state index is 12.2. The van der Waals surface area contributed by atoms with E-state index in [4.69, 9.17) is 4.84 Å². The highest BCUT2D eigenvalue weighted by Crippen LogP contribution is 2.30. The highest BCUT2D eigenvalue weighted by molar-refractivity contribution is 9.11. The fourth-order valence-electron chi connectivity index (χ4n) is 1.75. The van der Waals surface area contributed by atoms with Crippen molar-refractivity contribution in [1.82, 2.24) is 5.06 Å². The average molecular weight is 373 g/mol. The number of hydrogen-bond donors (Lipinski definition) is 0. The van der Waals surface area contributed by atoms with Crippen LogP contribution in [0, 0.1) is 0 Å². The first-order valence-electron chi connectivity index (χ1n) is 5.24. The molecule has 18 heavy (non-hydrogen) atoms. The molecular formula is C13H11Br2NO2. The molecule has 0 saturated heterocycles. The zero-order valence-corrected chi connectivity index (χ0v) is 13.1. The van der Waals surface area contributed by atoms with Crippen molar-refractivity contribution >= 4 is 48.5 Å². The third-order valence-corrected chi connectivity index (χ3v) is 3.81. The Morgan fingerprint density at radius 1 is 1.22 bits per heavy atom. The zero-order valence-electron chi connectivity index (χ0n) is 9.91. The van der Waals surface area contributed by atoms with Crippen LogP contribution < -0.4 is 0 Å². The summed E-state index contributed by atoms with van der Waals surface area (Å²) in [6, 6.07) is 9.50. The molecule has 0 aliphatic heterocycles. The number of rotatable bonds is 2. The Hall–Kier alpha value is -0.910. The van der Waals surface area contributed by atoms with Gasteiger partial charge < -0.3 is 0 Å². The van der Waals surface area contributed by atoms with Crippen LogP contribution in [0.1, 0.15) is 10.4 Å². The molecule has 5 heteroatoms. The minimum Gasteiger partial charge on any atom is -0.274 e. The van der Waals surface area contributed by atoms with Gasteiger partial charge in [0, 0.05) is 21.6 Å². The van der Waals surface area contributed by atoms with Crippen LogP contribution in [0.25, 0.3) is 10.8 Å². The molecule has 0 spiro atoms. The summed E-state index contributed by atoms with van der Waals surface area (Å²) in [5, 5.41) is 3.09. The molecular weight excluding hydrogens is 362 g/mol. The molecule has 0 aliphatic rings. The molecule has 0 unspecified atom stereocenters. The molecule has 0 aromatic heterocycles. The number of nitrogens with zero attached hydrogens (tertiary/aromatic N) is 1. The fourth-order valence-corrected chi connectivity index (χ4v) is 3.10. The topological polar surface area (TPSA) is 29.5 Å². The SMILES string of the molecule is CON(C)C(=O)c1cccc2c(Br)cc(Br)cc12. The monoisotopic (exact) mass is 371 g/mol. The Bertz CT molecular complexity index is 613. The summed E-state index contributed by atoms with van der Waals surface area (Å²) < 4.78 is 1.86. The van der Waals surface area contributed by atoms with Gasteiger partial charge in [-0.15, -0.1) is 0 Å². The second-order valence-corrected chi connectivity index (χ2v) is 5.54. The van der Waals surface area contributed by atoms with Crippen molar-refractivity contribution in [3.05, 3.63) is 44.8 Å². The standard InChI is InChI=1S/C13H11Br2NO2/c1-16(18-2)13(17)10-5-3-4-9-11(10)6-8(14)7-12(9)15/h3-7H,1-2H3. The second kappa shape index (κ2) is 5.38. The lowest BCUT2D eigenvalue weighted by atomic mass is 10.0. The van der Waals surface area contributed by atoms with Gasteiger partial charge in [-0.3, -0.25) is 9.63 Å². The molecule has 94 valence electrons. The Morgan fingerprint density at radius 3 is 2.61 bits per heavy atom. The molecule has 1 amide bonds. The molecule has 0 saturated carbocycles. The predicted octanol–water partition coefficient (Wildman–Crippen LogP) is 4.00. The molecule has 0 fully saturated rings. The van der Waals surface area contributed by atoms with Gasteiger partial charge in [0.05, 0.1) is 7.11 Å². The molecule has 0 atom stereocenters. The van der Waals surface area contributed by atoms with Gasteiger partial charge >= 0.3 is 0 Å². The normalized spacial score (nSPS) is 10.7. The van der Waals surface area contributed by atoms with Gasteiger partial charge in [-0.1, -0.05) is 44.0 Å². The fraction of sp³-hybridized carbons (Fsp3) is 0.154. The zero-order chi connectivity index (χ0) is 13.3. The Morgan fingerprint density at radius 2 is 1.94 bits per heavy atom. The molecule has 0 heterocycles. The number of fused-ring (bicyclic) bond motifs is 1. The second-order valence-electron chi connectivity index (χ2n) is 3.77. The van der Waals surface area contributed by atoms with Crippen molar-refractivity contribution in [2.24, 2.45) is 0 Å². The summed E-state index contributed by atoms with van der Waals surface area (Å²) in [7, 11) is 3.06. The summed E-state index contributed by atoms with van der Waals surface area (Å²) in [6.07, 6.45) is 0. The van der Waals surface area contributed by atoms with E-state index in [1.165, 1.54) is 12.2 Å². The van der Waals surface area contributed by atoms with E-state index in [0.717, 1.165) is 19.7 Å². The summed E-state index contributed by atoms with van der Waals surface area (Å²) >= 11 is 6.93. The smallest absolute Gasteiger partial charge is 0.274 e. The largest absolute Gasteiger partial charge is 0.277 e. The number of amides is 1. The third kappa shape index (κ3) is 2.43. The number of halogens is 2. The maximum absolute atomic E-state index is 12.2. The lowest BCUT2D eigenvalue weighted by Crippen LogP contribution is -2.25. The van der Waals surface area contributed by atoms with Crippen molar-refractivity contribution in [1.29, 1.82) is 0 Å². The van der Waals surface area contributed by atoms with Crippen molar-refractivity contribution in [3.63, 3.8) is 0 Å². The van der Waals surface area contributed by atoms with Crippen molar-refractivity contribution in [2.75, 3.05) is 14.2 Å². The summed E-state index contributed by atoms with van der Waals surface area (Å²) in [4.78, 5) is 17.1. The lowest BCUT2D eigenvalue weighted by molar-refractivity contribution is -0.0755. The highest BCUT2D eigenvalue weighted by Gasteiger charge is 2.15. The quantitative estimate of drug-likeness (QED) is 0.745. The first-order valence-corrected chi connectivity index (χ1v) is 6.83. The Labute approximate surface area is 122 Å². The summed E-state index contributed by atoms with van der Waals surface area (Å²) in [5.74, 6) is -0.173. The molecule has 2 rings (SSSR count). The van der Waals surface area contributed by atoms with Crippen LogP contribution in [0.15, 0.2) is 39.3 Å². The van der Waals surface area contributed by atoms with E-state index in [-0.39, 0.29) is 5.91 Å². The van der Waals surface area contributed by atoms with Crippen LogP contribution >= 0.6 is 31.9 Å². The summed E-state index contributed by atoms with van der Waals surface area (Å²) in [5.41, 5.74) is 0.610. The number of hydrogen-bond acceptors (Lipinski definition) is 2. The third-order valence-electron chi connectivity index (χ3n) is 2.70. The van der Waals surface area contributed by atoms with Gasteiger partial charge in [-0.2, -0.15) is 0 Å². The average Bonchev–Trinajstić information content (AvgIpc) is 2.36. The molecule has 0 radical (unpaired) electrons. The summed E-state index contributed by atoms with van der Waals surface area (Å²) in [6.45, 7) is 0. The van der Waals surface area contributed by atoms with Crippen LogP contribution in [0.2, 0.25) is 0 Å². The number of carbonyl (C=O) groups excluding carboxylic acids is 1. The first-order chi connectivity index (χ1) is 8.54. The number of benzene rings is 2. The van der Waals surface area contributed by atoms with E-state index in [2.05, 4.69) is 31.9 Å². The molecule has 0 N–H and O–H groups in total. The highest BCUT2D eigenvalue weighted by atomic mass is 79.9. The van der Waals surface area contributed by atoms with Crippen LogP contribution in [-0.2, 0) is 4.84 Å². The van der Waals surface area contributed by atoms with Crippen LogP contribution in [0.5, 0.6) is 0 Å². The van der Waals surface area contributed by atoms with Gasteiger partial charge in [-0.25, -0.2) is 5.06 Å². The van der Waals surface area contributed by atoms with E-state index >= 15 is 0 Å². The number of hydroxylamine groups is 2. The molecule has 0 aliphatic carbocycles. The maximum Gasteiger partial charge on any atom is 0.277 e. The molecule has 2 aromatic rings. The minimum absolute atomic E-state index is 0.173. The van der Waals surface area contributed by atoms with Crippen molar-refractivity contribution < 1.29 is 9.63 Å². The van der Waals surface area contributed by atoms with Crippen molar-refractivity contribution in [3.8, 4) is 0 Å². The van der Waals surface area contributed by atoms with Crippen LogP contribution in [-0.4, -0.2) is 25.1 Å². The van der Waals surface area contributed by atoms with Gasteiger partial charge in [0.15, 0.2) is 0 Å². The molecule has 2 aromatic carbocycles. The van der Waals surface area contributed by atoms with Gasteiger partial charge in [-0.05, 0) is 29.0 Å². The van der Waals surface area contributed by atoms with Gasteiger partial charge in [0.2, 0.25) is 0 Å². The van der Waals surface area contributed by atoms with E-state index in [9.17, 15) is 4.79 Å². The van der Waals surface area contributed by atoms with Crippen LogP contribution in [0.4, 0.5) is 0 Å². The van der Waals surface area contributed by atoms with E-state index in [1.54, 1.807) is 13.1 Å².